The number of hydrogen-bond acceptors (Lipinski definition) is 14. The molecule has 0 radical (unpaired) electrons. The molecule has 1 aliphatic heterocycles. The van der Waals surface area contributed by atoms with Crippen molar-refractivity contribution < 1.29 is 43.7 Å². The van der Waals surface area contributed by atoms with Gasteiger partial charge in [0, 0.05) is 59.4 Å². The Labute approximate surface area is 367 Å². The molecule has 332 valence electrons. The predicted octanol–water partition coefficient (Wildman–Crippen LogP) is 3.87. The minimum atomic E-state index is -1.35. The number of aliphatic carboxylic acids is 1. The summed E-state index contributed by atoms with van der Waals surface area (Å²) in [5, 5.41) is 41.7. The van der Waals surface area contributed by atoms with Crippen LogP contribution < -0.4 is 38.0 Å². The van der Waals surface area contributed by atoms with Crippen LogP contribution >= 0.6 is 0 Å². The number of carboxylic acid groups (broad SMARTS) is 2. The van der Waals surface area contributed by atoms with Gasteiger partial charge in [0.05, 0.1) is 29.6 Å². The topological polar surface area (TPSA) is 322 Å². The number of fused-ring (bicyclic) bond motifs is 3. The van der Waals surface area contributed by atoms with Gasteiger partial charge in [0.2, 0.25) is 11.9 Å². The number of hydrogen-bond donors (Lipinski definition) is 9. The summed E-state index contributed by atoms with van der Waals surface area (Å²) in [6, 6.07) is 17.9. The highest BCUT2D eigenvalue weighted by Gasteiger charge is 2.26. The van der Waals surface area contributed by atoms with Crippen LogP contribution in [0.25, 0.3) is 44.6 Å². The molecule has 0 bridgehead atoms. The second kappa shape index (κ2) is 19.6. The average Bonchev–Trinajstić information content (AvgIpc) is 3.28. The first kappa shape index (κ1) is 44.4. The summed E-state index contributed by atoms with van der Waals surface area (Å²) in [4.78, 5) is 102. The fourth-order valence-corrected chi connectivity index (χ4v) is 7.13. The lowest BCUT2D eigenvalue weighted by molar-refractivity contribution is -0.139. The third-order valence-corrected chi connectivity index (χ3v) is 10.3. The molecule has 3 aromatic carbocycles. The summed E-state index contributed by atoms with van der Waals surface area (Å²) in [7, 11) is 0. The molecule has 2 aromatic heterocycles. The number of rotatable bonds is 18. The first-order valence-electron chi connectivity index (χ1n) is 20.3. The van der Waals surface area contributed by atoms with Gasteiger partial charge in [-0.1, -0.05) is 12.1 Å². The van der Waals surface area contributed by atoms with Gasteiger partial charge in [-0.15, -0.1) is 0 Å². The summed E-state index contributed by atoms with van der Waals surface area (Å²) in [5.41, 5.74) is 7.00. The van der Waals surface area contributed by atoms with Crippen molar-refractivity contribution in [1.82, 2.24) is 35.9 Å². The highest BCUT2D eigenvalue weighted by Crippen LogP contribution is 2.42. The number of nitrogen functional groups attached to an aromatic ring is 1. The van der Waals surface area contributed by atoms with E-state index in [-0.39, 0.29) is 94.4 Å². The van der Waals surface area contributed by atoms with Crippen molar-refractivity contribution in [2.24, 2.45) is 0 Å². The molecule has 1 aliphatic carbocycles. The summed E-state index contributed by atoms with van der Waals surface area (Å²) in [6.07, 6.45) is 2.73. The molecule has 3 amide bonds. The molecule has 65 heavy (non-hydrogen) atoms. The van der Waals surface area contributed by atoms with E-state index < -0.39 is 41.3 Å². The van der Waals surface area contributed by atoms with Crippen molar-refractivity contribution in [1.29, 1.82) is 0 Å². The van der Waals surface area contributed by atoms with Crippen LogP contribution in [0.4, 0.5) is 11.6 Å². The Hall–Kier alpha value is -8.68. The van der Waals surface area contributed by atoms with E-state index >= 15 is 0 Å². The molecule has 1 atom stereocenters. The fourth-order valence-electron chi connectivity index (χ4n) is 7.13. The maximum atomic E-state index is 13.4. The van der Waals surface area contributed by atoms with Gasteiger partial charge < -0.3 is 46.7 Å². The Morgan fingerprint density at radius 2 is 1.60 bits per heavy atom. The van der Waals surface area contributed by atoms with E-state index in [1.165, 1.54) is 54.7 Å². The Bertz CT molecular complexity index is 3060. The zero-order valence-electron chi connectivity index (χ0n) is 34.3. The monoisotopic (exact) mass is 883 g/mol. The van der Waals surface area contributed by atoms with Gasteiger partial charge in [0.15, 0.2) is 16.6 Å². The van der Waals surface area contributed by atoms with Gasteiger partial charge in [-0.25, -0.2) is 19.6 Å². The molecule has 0 saturated heterocycles. The van der Waals surface area contributed by atoms with E-state index in [0.717, 1.165) is 0 Å². The van der Waals surface area contributed by atoms with Crippen molar-refractivity contribution >= 4 is 63.4 Å². The number of amides is 3. The van der Waals surface area contributed by atoms with Crippen LogP contribution in [0.3, 0.4) is 0 Å². The van der Waals surface area contributed by atoms with Gasteiger partial charge in [-0.2, -0.15) is 4.98 Å². The lowest BCUT2D eigenvalue weighted by atomic mass is 9.88. The third kappa shape index (κ3) is 10.5. The Morgan fingerprint density at radius 1 is 0.831 bits per heavy atom. The third-order valence-electron chi connectivity index (χ3n) is 10.3. The van der Waals surface area contributed by atoms with E-state index in [1.807, 2.05) is 0 Å². The molecule has 2 aliphatic rings. The molecule has 20 heteroatoms. The van der Waals surface area contributed by atoms with Crippen molar-refractivity contribution in [3.63, 3.8) is 0 Å². The fraction of sp³-hybridized carbons (Fsp3) is 0.200. The number of aromatic hydroxyl groups is 1. The lowest BCUT2D eigenvalue weighted by Crippen LogP contribution is -2.41. The number of phenols is 1. The molecule has 10 N–H and O–H groups in total. The van der Waals surface area contributed by atoms with Crippen molar-refractivity contribution in [3.05, 3.63) is 128 Å². The number of phenolic OH excluding ortho intramolecular Hbond substituents is 1. The van der Waals surface area contributed by atoms with E-state index in [9.17, 15) is 48.9 Å². The van der Waals surface area contributed by atoms with Gasteiger partial charge in [0.25, 0.3) is 17.4 Å². The quantitative estimate of drug-likeness (QED) is 0.0436. The summed E-state index contributed by atoms with van der Waals surface area (Å²) >= 11 is 0. The first-order valence-corrected chi connectivity index (χ1v) is 20.3. The molecule has 0 fully saturated rings. The van der Waals surface area contributed by atoms with E-state index in [4.69, 9.17) is 10.2 Å². The minimum absolute atomic E-state index is 0.0334. The molecule has 20 nitrogen and oxygen atoms in total. The Kier molecular flexibility index (Phi) is 13.4. The summed E-state index contributed by atoms with van der Waals surface area (Å²) in [5.74, 6) is -4.32. The molecular weight excluding hydrogens is 843 g/mol. The van der Waals surface area contributed by atoms with Crippen LogP contribution in [0.1, 0.15) is 68.9 Å². The number of nitrogens with two attached hydrogens (primary N) is 1. The van der Waals surface area contributed by atoms with Crippen LogP contribution in [0.2, 0.25) is 0 Å². The van der Waals surface area contributed by atoms with Gasteiger partial charge in [-0.05, 0) is 85.8 Å². The Morgan fingerprint density at radius 3 is 2.35 bits per heavy atom. The standard InChI is InChI=1S/C45H41N9O11/c46-45-53-39-38(42(60)54-45)51-25(22-50-39)21-49-24-9-7-23(8-10-24)40(58)52-32(43(61)62)15-16-35(57)47-17-2-1-3-18-48-41(59)31-6-4-5-30(37(31)44(63)64)36-28-13-11-26(55)19-33(28)65-34-20-27(56)12-14-29(34)36/h4-14,19-20,22,32,49,55H,1-3,15-18,21H2,(H,47,57)(H,48,59)(H,52,58)(H,61,62)(H,63,64)(H3,46,50,53,54,60). The van der Waals surface area contributed by atoms with Gasteiger partial charge >= 0.3 is 11.9 Å². The number of nitrogens with one attached hydrogen (secondary N) is 5. The average molecular weight is 884 g/mol. The molecule has 0 spiro atoms. The summed E-state index contributed by atoms with van der Waals surface area (Å²) in [6.45, 7) is 0.673. The number of aromatic nitrogens is 4. The van der Waals surface area contributed by atoms with Crippen LogP contribution in [0.15, 0.2) is 99.1 Å². The Balaban J connectivity index is 0.849. The number of benzene rings is 4. The smallest absolute Gasteiger partial charge is 0.337 e. The normalized spacial score (nSPS) is 11.6. The number of nitrogens with zero attached hydrogens (tertiary/aromatic N) is 3. The maximum absolute atomic E-state index is 13.4. The highest BCUT2D eigenvalue weighted by molar-refractivity contribution is 6.13. The number of carbonyl (C=O) groups is 5. The minimum Gasteiger partial charge on any atom is -0.508 e. The van der Waals surface area contributed by atoms with E-state index in [0.29, 0.717) is 47.2 Å². The second-order valence-electron chi connectivity index (χ2n) is 14.8. The predicted molar refractivity (Wildman–Crippen MR) is 237 cm³/mol. The number of carboxylic acids is 2. The lowest BCUT2D eigenvalue weighted by Gasteiger charge is -2.18. The highest BCUT2D eigenvalue weighted by atomic mass is 16.4. The number of aromatic amines is 1. The zero-order chi connectivity index (χ0) is 46.2. The number of H-pyrrole nitrogens is 1. The van der Waals surface area contributed by atoms with Crippen molar-refractivity contribution in [3.8, 4) is 28.2 Å². The van der Waals surface area contributed by atoms with Crippen molar-refractivity contribution in [2.45, 2.75) is 44.7 Å². The molecule has 7 rings (SSSR count). The molecule has 0 saturated carbocycles. The maximum Gasteiger partial charge on any atom is 0.337 e. The summed E-state index contributed by atoms with van der Waals surface area (Å²) < 4.78 is 5.88. The zero-order valence-corrected chi connectivity index (χ0v) is 34.3. The second-order valence-corrected chi connectivity index (χ2v) is 14.8. The van der Waals surface area contributed by atoms with Crippen molar-refractivity contribution in [2.75, 3.05) is 24.1 Å². The molecular formula is C45H41N9O11. The SMILES string of the molecule is Nc1nc2ncc(CNc3ccc(C(=O)NC(CCC(=O)NCCCCCNC(=O)c4cccc(-c5c6ccc(=O)cc-6oc6cc(O)ccc56)c4C(=O)O)C(=O)O)cc3)nc2c(=O)[nH]1. The van der Waals surface area contributed by atoms with Gasteiger partial charge in [0.1, 0.15) is 23.1 Å². The van der Waals surface area contributed by atoms with E-state index in [2.05, 4.69) is 41.2 Å². The van der Waals surface area contributed by atoms with Crippen LogP contribution in [-0.4, -0.2) is 84.0 Å². The molecule has 5 aromatic rings. The largest absolute Gasteiger partial charge is 0.508 e. The van der Waals surface area contributed by atoms with Crippen LogP contribution in [0, 0.1) is 0 Å². The number of aromatic carboxylic acids is 1. The van der Waals surface area contributed by atoms with Crippen LogP contribution in [-0.2, 0) is 16.1 Å². The molecule has 1 unspecified atom stereocenters. The number of anilines is 2. The van der Waals surface area contributed by atoms with Gasteiger partial charge in [-0.3, -0.25) is 29.0 Å². The first-order chi connectivity index (χ1) is 31.2. The van der Waals surface area contributed by atoms with Crippen LogP contribution in [0.5, 0.6) is 5.75 Å². The number of unbranched alkanes of at least 4 members (excludes halogenated alkanes) is 2. The molecule has 3 heterocycles. The number of carbonyl (C=O) groups excluding carboxylic acids is 3. The van der Waals surface area contributed by atoms with E-state index in [1.54, 1.807) is 30.3 Å².